The van der Waals surface area contributed by atoms with Gasteiger partial charge in [-0.05, 0) is 38.1 Å². The third-order valence-electron chi connectivity index (χ3n) is 3.01. The fraction of sp³-hybridized carbons (Fsp3) is 0.429. The van der Waals surface area contributed by atoms with Gasteiger partial charge in [-0.2, -0.15) is 0 Å². The van der Waals surface area contributed by atoms with Gasteiger partial charge in [0.05, 0.1) is 12.4 Å². The van der Waals surface area contributed by atoms with Crippen molar-refractivity contribution in [1.82, 2.24) is 4.90 Å². The molecule has 0 spiro atoms. The fourth-order valence-electron chi connectivity index (χ4n) is 1.55. The van der Waals surface area contributed by atoms with Crippen LogP contribution in [0.2, 0.25) is 0 Å². The van der Waals surface area contributed by atoms with Gasteiger partial charge in [0, 0.05) is 11.9 Å². The molecule has 0 aromatic heterocycles. The number of thioether (sulfide) groups is 1. The van der Waals surface area contributed by atoms with Gasteiger partial charge in [-0.3, -0.25) is 4.79 Å². The highest BCUT2D eigenvalue weighted by molar-refractivity contribution is 8.00. The van der Waals surface area contributed by atoms with Gasteiger partial charge in [0.15, 0.2) is 0 Å². The summed E-state index contributed by atoms with van der Waals surface area (Å²) < 4.78 is 5.07. The highest BCUT2D eigenvalue weighted by Gasteiger charge is 2.26. The molecule has 20 heavy (non-hydrogen) atoms. The third-order valence-corrected chi connectivity index (χ3v) is 4.11. The van der Waals surface area contributed by atoms with E-state index in [0.29, 0.717) is 0 Å². The van der Waals surface area contributed by atoms with Crippen LogP contribution in [0.4, 0.5) is 0 Å². The van der Waals surface area contributed by atoms with Crippen molar-refractivity contribution in [2.45, 2.75) is 30.0 Å². The molecule has 1 aromatic carbocycles. The highest BCUT2D eigenvalue weighted by atomic mass is 32.2. The predicted octanol–water partition coefficient (Wildman–Crippen LogP) is 2.11. The maximum absolute atomic E-state index is 12.1. The summed E-state index contributed by atoms with van der Waals surface area (Å²) >= 11 is 1.39. The zero-order chi connectivity index (χ0) is 15.3. The molecule has 0 bridgehead atoms. The van der Waals surface area contributed by atoms with Crippen molar-refractivity contribution < 1.29 is 19.4 Å². The molecule has 0 saturated heterocycles. The Balaban J connectivity index is 2.67. The molecule has 1 rings (SSSR count). The van der Waals surface area contributed by atoms with Crippen molar-refractivity contribution in [3.8, 4) is 5.75 Å². The van der Waals surface area contributed by atoms with Crippen LogP contribution in [-0.2, 0) is 9.59 Å². The summed E-state index contributed by atoms with van der Waals surface area (Å²) in [6.07, 6.45) is 0. The summed E-state index contributed by atoms with van der Waals surface area (Å²) in [7, 11) is 3.10. The van der Waals surface area contributed by atoms with Crippen LogP contribution in [0.25, 0.3) is 0 Å². The van der Waals surface area contributed by atoms with Gasteiger partial charge in [0.25, 0.3) is 0 Å². The number of carboxylic acid groups (broad SMARTS) is 1. The summed E-state index contributed by atoms with van der Waals surface area (Å²) in [6, 6.07) is 6.55. The number of ether oxygens (including phenoxy) is 1. The number of carbonyl (C=O) groups is 2. The van der Waals surface area contributed by atoms with E-state index in [-0.39, 0.29) is 11.2 Å². The maximum Gasteiger partial charge on any atom is 0.326 e. The molecule has 0 radical (unpaired) electrons. The maximum atomic E-state index is 12.1. The van der Waals surface area contributed by atoms with Crippen LogP contribution in [0.3, 0.4) is 0 Å². The molecular formula is C14H19NO4S. The Kier molecular flexibility index (Phi) is 5.88. The fourth-order valence-corrected chi connectivity index (χ4v) is 2.52. The zero-order valence-electron chi connectivity index (χ0n) is 12.0. The van der Waals surface area contributed by atoms with Gasteiger partial charge >= 0.3 is 5.97 Å². The molecule has 2 unspecified atom stereocenters. The second kappa shape index (κ2) is 7.19. The average Bonchev–Trinajstić information content (AvgIpc) is 2.45. The SMILES string of the molecule is COc1ccc(SC(C)C(=O)N(C)C(C)C(=O)O)cc1. The second-order valence-electron chi connectivity index (χ2n) is 4.40. The van der Waals surface area contributed by atoms with Crippen LogP contribution in [0, 0.1) is 0 Å². The van der Waals surface area contributed by atoms with Crippen molar-refractivity contribution in [2.24, 2.45) is 0 Å². The number of carbonyl (C=O) groups excluding carboxylic acids is 1. The Morgan fingerprint density at radius 1 is 1.25 bits per heavy atom. The predicted molar refractivity (Wildman–Crippen MR) is 78.2 cm³/mol. The molecule has 0 heterocycles. The Morgan fingerprint density at radius 2 is 1.80 bits per heavy atom. The molecule has 0 saturated carbocycles. The lowest BCUT2D eigenvalue weighted by atomic mass is 10.3. The standard InChI is InChI=1S/C14H19NO4S/c1-9(14(17)18)15(3)13(16)10(2)20-12-7-5-11(19-4)6-8-12/h5-10H,1-4H3,(H,17,18). The summed E-state index contributed by atoms with van der Waals surface area (Å²) in [5.74, 6) is -0.465. The molecular weight excluding hydrogens is 278 g/mol. The van der Waals surface area contributed by atoms with Gasteiger partial charge in [-0.15, -0.1) is 11.8 Å². The molecule has 1 N–H and O–H groups in total. The largest absolute Gasteiger partial charge is 0.497 e. The van der Waals surface area contributed by atoms with Crippen molar-refractivity contribution >= 4 is 23.6 Å². The van der Waals surface area contributed by atoms with Gasteiger partial charge < -0.3 is 14.7 Å². The van der Waals surface area contributed by atoms with E-state index in [0.717, 1.165) is 10.6 Å². The first-order valence-corrected chi connectivity index (χ1v) is 7.05. The molecule has 6 heteroatoms. The first-order valence-electron chi connectivity index (χ1n) is 6.17. The number of hydrogen-bond acceptors (Lipinski definition) is 4. The Hall–Kier alpha value is -1.69. The number of aliphatic carboxylic acids is 1. The van der Waals surface area contributed by atoms with E-state index in [2.05, 4.69) is 0 Å². The molecule has 0 aliphatic heterocycles. The van der Waals surface area contributed by atoms with Crippen molar-refractivity contribution in [1.29, 1.82) is 0 Å². The van der Waals surface area contributed by atoms with Gasteiger partial charge in [0.1, 0.15) is 11.8 Å². The number of rotatable bonds is 6. The second-order valence-corrected chi connectivity index (χ2v) is 5.81. The quantitative estimate of drug-likeness (QED) is 0.815. The van der Waals surface area contributed by atoms with Crippen LogP contribution in [-0.4, -0.2) is 47.3 Å². The molecule has 2 atom stereocenters. The van der Waals surface area contributed by atoms with E-state index >= 15 is 0 Å². The minimum Gasteiger partial charge on any atom is -0.497 e. The van der Waals surface area contributed by atoms with E-state index in [1.807, 2.05) is 24.3 Å². The lowest BCUT2D eigenvalue weighted by molar-refractivity contribution is -0.147. The average molecular weight is 297 g/mol. The smallest absolute Gasteiger partial charge is 0.326 e. The number of methoxy groups -OCH3 is 1. The summed E-state index contributed by atoms with van der Waals surface area (Å²) in [4.78, 5) is 25.2. The van der Waals surface area contributed by atoms with Crippen LogP contribution in [0.15, 0.2) is 29.2 Å². The normalized spacial score (nSPS) is 13.4. The first kappa shape index (κ1) is 16.4. The first-order chi connectivity index (χ1) is 9.36. The Labute approximate surface area is 122 Å². The van der Waals surface area contributed by atoms with Crippen molar-refractivity contribution in [2.75, 3.05) is 14.2 Å². The minimum atomic E-state index is -1.01. The van der Waals surface area contributed by atoms with E-state index in [1.54, 1.807) is 14.0 Å². The Bertz CT molecular complexity index is 475. The molecule has 1 aromatic rings. The van der Waals surface area contributed by atoms with E-state index in [9.17, 15) is 9.59 Å². The van der Waals surface area contributed by atoms with Crippen LogP contribution < -0.4 is 4.74 Å². The number of carboxylic acids is 1. The summed E-state index contributed by atoms with van der Waals surface area (Å²) in [6.45, 7) is 3.26. The van der Waals surface area contributed by atoms with Gasteiger partial charge in [-0.25, -0.2) is 4.79 Å². The van der Waals surface area contributed by atoms with Crippen molar-refractivity contribution in [3.63, 3.8) is 0 Å². The number of benzene rings is 1. The van der Waals surface area contributed by atoms with Gasteiger partial charge in [0.2, 0.25) is 5.91 Å². The molecule has 0 fully saturated rings. The zero-order valence-corrected chi connectivity index (χ0v) is 12.8. The van der Waals surface area contributed by atoms with Crippen LogP contribution >= 0.6 is 11.8 Å². The molecule has 110 valence electrons. The summed E-state index contributed by atoms with van der Waals surface area (Å²) in [5.41, 5.74) is 0. The number of amides is 1. The summed E-state index contributed by atoms with van der Waals surface area (Å²) in [5, 5.41) is 8.56. The number of hydrogen-bond donors (Lipinski definition) is 1. The van der Waals surface area contributed by atoms with E-state index < -0.39 is 12.0 Å². The molecule has 5 nitrogen and oxygen atoms in total. The van der Waals surface area contributed by atoms with Crippen molar-refractivity contribution in [3.05, 3.63) is 24.3 Å². The van der Waals surface area contributed by atoms with Crippen LogP contribution in [0.1, 0.15) is 13.8 Å². The van der Waals surface area contributed by atoms with E-state index in [4.69, 9.17) is 9.84 Å². The topological polar surface area (TPSA) is 66.8 Å². The highest BCUT2D eigenvalue weighted by Crippen LogP contribution is 2.26. The minimum absolute atomic E-state index is 0.208. The Morgan fingerprint density at radius 3 is 2.25 bits per heavy atom. The third kappa shape index (κ3) is 4.16. The molecule has 0 aliphatic carbocycles. The lowest BCUT2D eigenvalue weighted by Crippen LogP contribution is -2.43. The molecule has 0 aliphatic rings. The van der Waals surface area contributed by atoms with Gasteiger partial charge in [-0.1, -0.05) is 0 Å². The monoisotopic (exact) mass is 297 g/mol. The molecule has 1 amide bonds. The number of likely N-dealkylation sites (N-methyl/N-ethyl adjacent to an activating group) is 1. The number of nitrogens with zero attached hydrogens (tertiary/aromatic N) is 1. The van der Waals surface area contributed by atoms with E-state index in [1.165, 1.54) is 30.6 Å². The van der Waals surface area contributed by atoms with Crippen LogP contribution in [0.5, 0.6) is 5.75 Å². The lowest BCUT2D eigenvalue weighted by Gasteiger charge is -2.24.